The standard InChI is InChI=1S/C28H36O4/c1-27(2)10-5-6-24-21(27)16-19-12-17(14-23(30)26(19)31-24)7-8-18-13-22(29)20-9-11-28(3,4)32-25(20)15-18/h12-15,21,24,29-30H,5-11,16H2,1-4H3. The minimum atomic E-state index is -0.201. The van der Waals surface area contributed by atoms with E-state index in [0.29, 0.717) is 17.4 Å². The van der Waals surface area contributed by atoms with E-state index in [1.165, 1.54) is 12.8 Å². The van der Waals surface area contributed by atoms with E-state index in [9.17, 15) is 10.2 Å². The Morgan fingerprint density at radius 1 is 0.938 bits per heavy atom. The molecule has 1 saturated carbocycles. The van der Waals surface area contributed by atoms with Gasteiger partial charge in [-0.2, -0.15) is 0 Å². The molecule has 5 rings (SSSR count). The van der Waals surface area contributed by atoms with Crippen LogP contribution < -0.4 is 9.47 Å². The van der Waals surface area contributed by atoms with Gasteiger partial charge in [-0.15, -0.1) is 0 Å². The van der Waals surface area contributed by atoms with Gasteiger partial charge in [0.1, 0.15) is 23.2 Å². The fraction of sp³-hybridized carbons (Fsp3) is 0.571. The maximum atomic E-state index is 10.7. The van der Waals surface area contributed by atoms with Gasteiger partial charge < -0.3 is 19.7 Å². The molecule has 0 aromatic heterocycles. The Kier molecular flexibility index (Phi) is 5.11. The molecular weight excluding hydrogens is 400 g/mol. The summed E-state index contributed by atoms with van der Waals surface area (Å²) in [5.74, 6) is 2.59. The molecule has 2 aromatic carbocycles. The number of fused-ring (bicyclic) bond motifs is 3. The van der Waals surface area contributed by atoms with E-state index in [1.54, 1.807) is 0 Å². The maximum absolute atomic E-state index is 10.7. The molecule has 0 spiro atoms. The van der Waals surface area contributed by atoms with Gasteiger partial charge in [-0.1, -0.05) is 19.9 Å². The second kappa shape index (κ2) is 7.60. The van der Waals surface area contributed by atoms with E-state index in [4.69, 9.17) is 9.47 Å². The Balaban J connectivity index is 1.36. The lowest BCUT2D eigenvalue weighted by Gasteiger charge is -2.47. The molecule has 1 aliphatic carbocycles. The summed E-state index contributed by atoms with van der Waals surface area (Å²) in [6.07, 6.45) is 8.00. The molecule has 1 fully saturated rings. The van der Waals surface area contributed by atoms with Crippen molar-refractivity contribution in [2.24, 2.45) is 11.3 Å². The lowest BCUT2D eigenvalue weighted by atomic mass is 9.64. The number of phenols is 2. The number of rotatable bonds is 3. The van der Waals surface area contributed by atoms with E-state index in [2.05, 4.69) is 39.8 Å². The Labute approximate surface area is 191 Å². The van der Waals surface area contributed by atoms with Gasteiger partial charge in [0.25, 0.3) is 0 Å². The fourth-order valence-electron chi connectivity index (χ4n) is 5.99. The fourth-order valence-corrected chi connectivity index (χ4v) is 5.99. The molecule has 0 amide bonds. The first kappa shape index (κ1) is 21.5. The molecule has 3 aliphatic rings. The highest BCUT2D eigenvalue weighted by Crippen LogP contribution is 2.50. The number of ether oxygens (including phenoxy) is 2. The van der Waals surface area contributed by atoms with Gasteiger partial charge in [-0.25, -0.2) is 0 Å². The van der Waals surface area contributed by atoms with Gasteiger partial charge in [0.05, 0.1) is 0 Å². The van der Waals surface area contributed by atoms with Crippen molar-refractivity contribution in [2.75, 3.05) is 0 Å². The predicted molar refractivity (Wildman–Crippen MR) is 126 cm³/mol. The number of phenolic OH excluding ortho intramolecular Hbond substituents is 2. The Hall–Kier alpha value is -2.36. The first-order chi connectivity index (χ1) is 15.1. The topological polar surface area (TPSA) is 58.9 Å². The molecule has 0 saturated heterocycles. The van der Waals surface area contributed by atoms with Gasteiger partial charge >= 0.3 is 0 Å². The second-order valence-corrected chi connectivity index (χ2v) is 11.4. The van der Waals surface area contributed by atoms with E-state index < -0.39 is 0 Å². The summed E-state index contributed by atoms with van der Waals surface area (Å²) in [7, 11) is 0. The molecule has 32 heavy (non-hydrogen) atoms. The normalized spacial score (nSPS) is 25.0. The minimum absolute atomic E-state index is 0.201. The van der Waals surface area contributed by atoms with Crippen LogP contribution >= 0.6 is 0 Å². The van der Waals surface area contributed by atoms with Gasteiger partial charge in [0.15, 0.2) is 11.5 Å². The van der Waals surface area contributed by atoms with E-state index in [1.807, 2.05) is 12.1 Å². The Morgan fingerprint density at radius 2 is 1.66 bits per heavy atom. The molecule has 2 aromatic rings. The van der Waals surface area contributed by atoms with Crippen LogP contribution in [0.25, 0.3) is 0 Å². The highest BCUT2D eigenvalue weighted by molar-refractivity contribution is 5.51. The summed E-state index contributed by atoms with van der Waals surface area (Å²) in [5.41, 5.74) is 4.28. The van der Waals surface area contributed by atoms with Crippen LogP contribution in [0, 0.1) is 11.3 Å². The van der Waals surface area contributed by atoms with Crippen LogP contribution in [0.5, 0.6) is 23.0 Å². The molecule has 2 heterocycles. The lowest BCUT2D eigenvalue weighted by molar-refractivity contribution is -0.00712. The summed E-state index contributed by atoms with van der Waals surface area (Å²) in [6, 6.07) is 8.02. The smallest absolute Gasteiger partial charge is 0.164 e. The van der Waals surface area contributed by atoms with E-state index in [-0.39, 0.29) is 22.9 Å². The molecule has 0 radical (unpaired) electrons. The zero-order chi connectivity index (χ0) is 22.7. The molecule has 2 aliphatic heterocycles. The summed E-state index contributed by atoms with van der Waals surface area (Å²) in [6.45, 7) is 8.90. The molecule has 2 atom stereocenters. The molecule has 4 heteroatoms. The summed E-state index contributed by atoms with van der Waals surface area (Å²) < 4.78 is 12.5. The molecule has 172 valence electrons. The van der Waals surface area contributed by atoms with Gasteiger partial charge in [0.2, 0.25) is 0 Å². The maximum Gasteiger partial charge on any atom is 0.164 e. The van der Waals surface area contributed by atoms with Crippen molar-refractivity contribution < 1.29 is 19.7 Å². The second-order valence-electron chi connectivity index (χ2n) is 11.4. The van der Waals surface area contributed by atoms with Crippen LogP contribution in [-0.2, 0) is 25.7 Å². The largest absolute Gasteiger partial charge is 0.508 e. The number of hydrogen-bond acceptors (Lipinski definition) is 4. The minimum Gasteiger partial charge on any atom is -0.508 e. The van der Waals surface area contributed by atoms with Crippen molar-refractivity contribution in [3.05, 3.63) is 46.5 Å². The predicted octanol–water partition coefficient (Wildman–Crippen LogP) is 6.12. The summed E-state index contributed by atoms with van der Waals surface area (Å²) in [5, 5.41) is 21.3. The Morgan fingerprint density at radius 3 is 2.44 bits per heavy atom. The number of benzene rings is 2. The van der Waals surface area contributed by atoms with Crippen molar-refractivity contribution in [3.8, 4) is 23.0 Å². The summed E-state index contributed by atoms with van der Waals surface area (Å²) in [4.78, 5) is 0. The van der Waals surface area contributed by atoms with Gasteiger partial charge in [-0.3, -0.25) is 0 Å². The van der Waals surface area contributed by atoms with Crippen molar-refractivity contribution >= 4 is 0 Å². The van der Waals surface area contributed by atoms with Gasteiger partial charge in [0, 0.05) is 11.5 Å². The average Bonchev–Trinajstić information content (AvgIpc) is 2.70. The van der Waals surface area contributed by atoms with Crippen LogP contribution in [0.2, 0.25) is 0 Å². The molecular formula is C28H36O4. The highest BCUT2D eigenvalue weighted by Gasteiger charge is 2.43. The highest BCUT2D eigenvalue weighted by atomic mass is 16.5. The summed E-state index contributed by atoms with van der Waals surface area (Å²) >= 11 is 0. The van der Waals surface area contributed by atoms with Gasteiger partial charge in [-0.05, 0) is 106 Å². The molecule has 0 bridgehead atoms. The number of hydrogen-bond donors (Lipinski definition) is 2. The van der Waals surface area contributed by atoms with Crippen LogP contribution in [0.15, 0.2) is 24.3 Å². The van der Waals surface area contributed by atoms with Crippen LogP contribution in [-0.4, -0.2) is 21.9 Å². The number of aryl methyl sites for hydroxylation is 2. The van der Waals surface area contributed by atoms with E-state index in [0.717, 1.165) is 66.5 Å². The third kappa shape index (κ3) is 3.93. The lowest BCUT2D eigenvalue weighted by Crippen LogP contribution is -2.45. The zero-order valence-corrected chi connectivity index (χ0v) is 19.8. The first-order valence-electron chi connectivity index (χ1n) is 12.2. The van der Waals surface area contributed by atoms with Crippen LogP contribution in [0.1, 0.15) is 75.6 Å². The molecule has 4 nitrogen and oxygen atoms in total. The molecule has 2 unspecified atom stereocenters. The van der Waals surface area contributed by atoms with Crippen molar-refractivity contribution in [3.63, 3.8) is 0 Å². The SMILES string of the molecule is CC1(C)CCc2c(O)cc(CCc3cc(O)c4c(c3)CC3C(CCCC3(C)C)O4)cc2O1. The van der Waals surface area contributed by atoms with Crippen molar-refractivity contribution in [2.45, 2.75) is 90.8 Å². The average molecular weight is 437 g/mol. The van der Waals surface area contributed by atoms with E-state index >= 15 is 0 Å². The van der Waals surface area contributed by atoms with Crippen LogP contribution in [0.3, 0.4) is 0 Å². The quantitative estimate of drug-likeness (QED) is 0.609. The van der Waals surface area contributed by atoms with Crippen molar-refractivity contribution in [1.82, 2.24) is 0 Å². The number of aromatic hydroxyl groups is 2. The third-order valence-electron chi connectivity index (χ3n) is 7.99. The Bertz CT molecular complexity index is 1040. The third-order valence-corrected chi connectivity index (χ3v) is 7.99. The van der Waals surface area contributed by atoms with Crippen molar-refractivity contribution in [1.29, 1.82) is 0 Å². The zero-order valence-electron chi connectivity index (χ0n) is 19.8. The monoisotopic (exact) mass is 436 g/mol. The first-order valence-corrected chi connectivity index (χ1v) is 12.2. The van der Waals surface area contributed by atoms with Crippen LogP contribution in [0.4, 0.5) is 0 Å². The molecule has 2 N–H and O–H groups in total.